The molecule has 1 amide bonds. The van der Waals surface area contributed by atoms with E-state index in [0.29, 0.717) is 12.2 Å². The van der Waals surface area contributed by atoms with Crippen molar-refractivity contribution >= 4 is 33.5 Å². The Morgan fingerprint density at radius 1 is 1.30 bits per heavy atom. The molecule has 2 atom stereocenters. The van der Waals surface area contributed by atoms with Crippen LogP contribution in [0.5, 0.6) is 0 Å². The maximum absolute atomic E-state index is 12.8. The van der Waals surface area contributed by atoms with Crippen molar-refractivity contribution in [3.63, 3.8) is 0 Å². The van der Waals surface area contributed by atoms with Crippen LogP contribution in [-0.4, -0.2) is 46.9 Å². The number of halogens is 1. The number of benzene rings is 1. The second kappa shape index (κ2) is 6.22. The summed E-state index contributed by atoms with van der Waals surface area (Å²) in [7, 11) is 0. The van der Waals surface area contributed by atoms with Gasteiger partial charge >= 0.3 is 5.97 Å². The first-order chi connectivity index (χ1) is 10.6. The normalized spacial score (nSPS) is 21.9. The number of anilines is 1. The number of ether oxygens (including phenoxy) is 1. The average molecular weight is 386 g/mol. The molecule has 1 aliphatic heterocycles. The number of nitrogens with zero attached hydrogens (tertiary/aromatic N) is 1. The van der Waals surface area contributed by atoms with Gasteiger partial charge in [0.05, 0.1) is 6.61 Å². The number of aliphatic hydroxyl groups is 1. The molecule has 23 heavy (non-hydrogen) atoms. The van der Waals surface area contributed by atoms with Crippen molar-refractivity contribution in [2.45, 2.75) is 32.5 Å². The van der Waals surface area contributed by atoms with Crippen LogP contribution in [0.15, 0.2) is 28.7 Å². The highest BCUT2D eigenvalue weighted by molar-refractivity contribution is 9.10. The smallest absolute Gasteiger partial charge is 0.339 e. The number of aliphatic carboxylic acids is 1. The Balaban J connectivity index is 2.39. The number of morpholine rings is 1. The zero-order chi connectivity index (χ0) is 17.4. The minimum atomic E-state index is -2.32. The molecule has 0 saturated carbocycles. The van der Waals surface area contributed by atoms with Crippen LogP contribution in [0.3, 0.4) is 0 Å². The van der Waals surface area contributed by atoms with E-state index < -0.39 is 29.0 Å². The lowest BCUT2D eigenvalue weighted by atomic mass is 9.72. The van der Waals surface area contributed by atoms with E-state index in [9.17, 15) is 19.8 Å². The van der Waals surface area contributed by atoms with Crippen LogP contribution in [0, 0.1) is 5.41 Å². The molecule has 1 fully saturated rings. The van der Waals surface area contributed by atoms with Gasteiger partial charge in [-0.2, -0.15) is 0 Å². The summed E-state index contributed by atoms with van der Waals surface area (Å²) in [6.45, 7) is 5.15. The van der Waals surface area contributed by atoms with Crippen molar-refractivity contribution in [3.8, 4) is 0 Å². The Labute approximate surface area is 143 Å². The van der Waals surface area contributed by atoms with Gasteiger partial charge in [-0.3, -0.25) is 4.79 Å². The molecular formula is C16H20BrNO5. The molecule has 0 bridgehead atoms. The molecule has 126 valence electrons. The lowest BCUT2D eigenvalue weighted by Crippen LogP contribution is -2.66. The molecule has 1 heterocycles. The fraction of sp³-hybridized carbons (Fsp3) is 0.500. The van der Waals surface area contributed by atoms with E-state index in [1.165, 1.54) is 4.90 Å². The lowest BCUT2D eigenvalue weighted by Gasteiger charge is -2.44. The highest BCUT2D eigenvalue weighted by Crippen LogP contribution is 2.37. The van der Waals surface area contributed by atoms with Gasteiger partial charge in [0.25, 0.3) is 5.91 Å². The summed E-state index contributed by atoms with van der Waals surface area (Å²) in [5.41, 5.74) is -2.77. The summed E-state index contributed by atoms with van der Waals surface area (Å²) in [4.78, 5) is 25.9. The largest absolute Gasteiger partial charge is 0.479 e. The maximum atomic E-state index is 12.8. The lowest BCUT2D eigenvalue weighted by molar-refractivity contribution is -0.203. The van der Waals surface area contributed by atoms with Gasteiger partial charge in [0.2, 0.25) is 5.60 Å². The summed E-state index contributed by atoms with van der Waals surface area (Å²) in [5.74, 6) is -2.03. The van der Waals surface area contributed by atoms with Crippen molar-refractivity contribution < 1.29 is 24.5 Å². The number of hydrogen-bond acceptors (Lipinski definition) is 4. The standard InChI is InChI=1S/C16H20BrNO5/c1-15(2,3)16(22,14(20)21)12-13(19)18(8-9-23-12)11-6-4-10(17)5-7-11/h4-7,12,22H,8-9H2,1-3H3,(H,20,21)/t12-,16+/m0/s1. The van der Waals surface area contributed by atoms with Gasteiger partial charge in [-0.05, 0) is 24.3 Å². The molecule has 2 N–H and O–H groups in total. The minimum Gasteiger partial charge on any atom is -0.479 e. The summed E-state index contributed by atoms with van der Waals surface area (Å²) in [6.07, 6.45) is -1.46. The summed E-state index contributed by atoms with van der Waals surface area (Å²) in [6, 6.07) is 7.09. The first-order valence-electron chi connectivity index (χ1n) is 7.23. The zero-order valence-electron chi connectivity index (χ0n) is 13.2. The van der Waals surface area contributed by atoms with Gasteiger partial charge < -0.3 is 19.8 Å². The number of carbonyl (C=O) groups excluding carboxylic acids is 1. The van der Waals surface area contributed by atoms with Gasteiger partial charge in [-0.15, -0.1) is 0 Å². The van der Waals surface area contributed by atoms with E-state index in [4.69, 9.17) is 4.74 Å². The Morgan fingerprint density at radius 2 is 1.87 bits per heavy atom. The summed E-state index contributed by atoms with van der Waals surface area (Å²) < 4.78 is 6.26. The quantitative estimate of drug-likeness (QED) is 0.831. The van der Waals surface area contributed by atoms with Crippen LogP contribution in [-0.2, 0) is 14.3 Å². The Hall–Kier alpha value is -1.44. The van der Waals surface area contributed by atoms with Crippen molar-refractivity contribution in [2.24, 2.45) is 5.41 Å². The molecule has 0 aliphatic carbocycles. The number of carbonyl (C=O) groups is 2. The molecule has 7 heteroatoms. The highest BCUT2D eigenvalue weighted by atomic mass is 79.9. The third kappa shape index (κ3) is 3.13. The number of carboxylic acids is 1. The van der Waals surface area contributed by atoms with E-state index in [2.05, 4.69) is 15.9 Å². The van der Waals surface area contributed by atoms with Crippen LogP contribution < -0.4 is 4.90 Å². The third-order valence-electron chi connectivity index (χ3n) is 4.08. The van der Waals surface area contributed by atoms with Crippen LogP contribution in [0.4, 0.5) is 5.69 Å². The second-order valence-electron chi connectivity index (χ2n) is 6.54. The molecule has 2 rings (SSSR count). The zero-order valence-corrected chi connectivity index (χ0v) is 14.8. The van der Waals surface area contributed by atoms with Gasteiger partial charge in [0, 0.05) is 22.1 Å². The monoisotopic (exact) mass is 385 g/mol. The number of carboxylic acid groups (broad SMARTS) is 1. The number of amides is 1. The van der Waals surface area contributed by atoms with Crippen molar-refractivity contribution in [1.82, 2.24) is 0 Å². The summed E-state index contributed by atoms with van der Waals surface area (Å²) in [5, 5.41) is 20.3. The average Bonchev–Trinajstić information content (AvgIpc) is 2.46. The maximum Gasteiger partial charge on any atom is 0.339 e. The topological polar surface area (TPSA) is 87.1 Å². The fourth-order valence-corrected chi connectivity index (χ4v) is 2.85. The SMILES string of the molecule is CC(C)(C)[C@](O)(C(=O)O)[C@H]1OCCN(c2ccc(Br)cc2)C1=O. The van der Waals surface area contributed by atoms with Crippen molar-refractivity contribution in [1.29, 1.82) is 0 Å². The molecule has 0 unspecified atom stereocenters. The molecule has 1 aromatic rings. The predicted octanol–water partition coefficient (Wildman–Crippen LogP) is 2.04. The molecular weight excluding hydrogens is 366 g/mol. The van der Waals surface area contributed by atoms with Gasteiger partial charge in [0.1, 0.15) is 0 Å². The van der Waals surface area contributed by atoms with Crippen LogP contribution in [0.1, 0.15) is 20.8 Å². The van der Waals surface area contributed by atoms with E-state index >= 15 is 0 Å². The Morgan fingerprint density at radius 3 is 2.35 bits per heavy atom. The van der Waals surface area contributed by atoms with E-state index in [1.807, 2.05) is 0 Å². The van der Waals surface area contributed by atoms with Crippen LogP contribution >= 0.6 is 15.9 Å². The molecule has 0 spiro atoms. The Kier molecular flexibility index (Phi) is 4.84. The van der Waals surface area contributed by atoms with Gasteiger partial charge in [-0.1, -0.05) is 36.7 Å². The second-order valence-corrected chi connectivity index (χ2v) is 7.45. The first-order valence-corrected chi connectivity index (χ1v) is 8.02. The van der Waals surface area contributed by atoms with E-state index in [-0.39, 0.29) is 6.61 Å². The van der Waals surface area contributed by atoms with E-state index in [0.717, 1.165) is 4.47 Å². The number of hydrogen-bond donors (Lipinski definition) is 2. The van der Waals surface area contributed by atoms with Gasteiger partial charge in [0.15, 0.2) is 6.10 Å². The highest BCUT2D eigenvalue weighted by Gasteiger charge is 2.58. The Bertz CT molecular complexity index is 610. The van der Waals surface area contributed by atoms with E-state index in [1.54, 1.807) is 45.0 Å². The molecule has 0 radical (unpaired) electrons. The molecule has 1 aliphatic rings. The molecule has 0 aromatic heterocycles. The summed E-state index contributed by atoms with van der Waals surface area (Å²) >= 11 is 3.33. The fourth-order valence-electron chi connectivity index (χ4n) is 2.59. The third-order valence-corrected chi connectivity index (χ3v) is 4.61. The predicted molar refractivity (Wildman–Crippen MR) is 88.3 cm³/mol. The van der Waals surface area contributed by atoms with Crippen molar-refractivity contribution in [3.05, 3.63) is 28.7 Å². The number of rotatable bonds is 3. The van der Waals surface area contributed by atoms with Gasteiger partial charge in [-0.25, -0.2) is 4.79 Å². The molecule has 1 saturated heterocycles. The molecule has 1 aromatic carbocycles. The minimum absolute atomic E-state index is 0.151. The van der Waals surface area contributed by atoms with Crippen LogP contribution in [0.25, 0.3) is 0 Å². The first kappa shape index (κ1) is 17.9. The van der Waals surface area contributed by atoms with Crippen molar-refractivity contribution in [2.75, 3.05) is 18.1 Å². The molecule has 6 nitrogen and oxygen atoms in total. The van der Waals surface area contributed by atoms with Crippen LogP contribution in [0.2, 0.25) is 0 Å².